The molecule has 1 amide bonds. The summed E-state index contributed by atoms with van der Waals surface area (Å²) < 4.78 is 0. The van der Waals surface area contributed by atoms with Gasteiger partial charge in [0.25, 0.3) is 5.91 Å². The molecule has 1 aliphatic heterocycles. The molecule has 0 spiro atoms. The first-order chi connectivity index (χ1) is 11.1. The molecule has 1 aromatic carbocycles. The molecule has 1 N–H and O–H groups in total. The highest BCUT2D eigenvalue weighted by atomic mass is 35.5. The van der Waals surface area contributed by atoms with Gasteiger partial charge < -0.3 is 10.0 Å². The molecular formula is C16H15ClN2O3S. The summed E-state index contributed by atoms with van der Waals surface area (Å²) in [6.45, 7) is 0.935. The fourth-order valence-electron chi connectivity index (χ4n) is 2.62. The molecule has 0 unspecified atom stereocenters. The Bertz CT molecular complexity index is 738. The Balaban J connectivity index is 1.72. The molecule has 23 heavy (non-hydrogen) atoms. The van der Waals surface area contributed by atoms with E-state index >= 15 is 0 Å². The van der Waals surface area contributed by atoms with Crippen molar-refractivity contribution in [2.75, 3.05) is 13.1 Å². The molecule has 1 saturated heterocycles. The second kappa shape index (κ2) is 6.68. The van der Waals surface area contributed by atoms with Crippen molar-refractivity contribution in [2.24, 2.45) is 5.92 Å². The summed E-state index contributed by atoms with van der Waals surface area (Å²) in [6.07, 6.45) is 2.56. The quantitative estimate of drug-likeness (QED) is 0.921. The minimum Gasteiger partial charge on any atom is -0.481 e. The van der Waals surface area contributed by atoms with Crippen LogP contribution in [0.3, 0.4) is 0 Å². The van der Waals surface area contributed by atoms with E-state index in [0.717, 1.165) is 5.56 Å². The van der Waals surface area contributed by atoms with Gasteiger partial charge in [-0.2, -0.15) is 0 Å². The van der Waals surface area contributed by atoms with Crippen molar-refractivity contribution < 1.29 is 14.7 Å². The first-order valence-corrected chi connectivity index (χ1v) is 8.48. The zero-order valence-corrected chi connectivity index (χ0v) is 13.8. The zero-order chi connectivity index (χ0) is 16.4. The molecule has 0 bridgehead atoms. The third-order valence-electron chi connectivity index (χ3n) is 3.95. The van der Waals surface area contributed by atoms with Crippen LogP contribution in [-0.2, 0) is 4.79 Å². The number of hydrogen-bond donors (Lipinski definition) is 1. The van der Waals surface area contributed by atoms with Gasteiger partial charge in [0.1, 0.15) is 9.88 Å². The van der Waals surface area contributed by atoms with Crippen LogP contribution in [0.4, 0.5) is 0 Å². The smallest absolute Gasteiger partial charge is 0.306 e. The number of amides is 1. The van der Waals surface area contributed by atoms with Crippen molar-refractivity contribution in [1.29, 1.82) is 0 Å². The number of hydrogen-bond acceptors (Lipinski definition) is 4. The van der Waals surface area contributed by atoms with E-state index in [9.17, 15) is 9.59 Å². The topological polar surface area (TPSA) is 70.5 Å². The molecule has 1 fully saturated rings. The molecule has 7 heteroatoms. The molecule has 1 aliphatic rings. The molecule has 2 aromatic rings. The number of carbonyl (C=O) groups excluding carboxylic acids is 1. The number of benzene rings is 1. The highest BCUT2D eigenvalue weighted by Crippen LogP contribution is 2.31. The molecule has 0 aliphatic carbocycles. The number of carboxylic acid groups (broad SMARTS) is 1. The summed E-state index contributed by atoms with van der Waals surface area (Å²) >= 11 is 7.46. The highest BCUT2D eigenvalue weighted by molar-refractivity contribution is 7.17. The normalized spacial score (nSPS) is 15.6. The highest BCUT2D eigenvalue weighted by Gasteiger charge is 2.28. The first-order valence-electron chi connectivity index (χ1n) is 7.29. The van der Waals surface area contributed by atoms with Crippen LogP contribution >= 0.6 is 22.9 Å². The Kier molecular flexibility index (Phi) is 4.63. The van der Waals surface area contributed by atoms with Crippen molar-refractivity contribution >= 4 is 34.8 Å². The Morgan fingerprint density at radius 3 is 2.61 bits per heavy atom. The largest absolute Gasteiger partial charge is 0.481 e. The third kappa shape index (κ3) is 3.38. The second-order valence-corrected chi connectivity index (χ2v) is 6.85. The van der Waals surface area contributed by atoms with E-state index in [-0.39, 0.29) is 11.8 Å². The number of nitrogens with zero attached hydrogens (tertiary/aromatic N) is 2. The average Bonchev–Trinajstić information content (AvgIpc) is 3.04. The standard InChI is InChI=1S/C16H15ClN2O3S/c17-12-4-2-1-3-11(12)14-18-9-13(23-14)15(20)19-7-5-10(6-8-19)16(21)22/h1-4,9-10H,5-8H2,(H,21,22). The maximum atomic E-state index is 12.5. The molecule has 0 atom stereocenters. The monoisotopic (exact) mass is 350 g/mol. The van der Waals surface area contributed by atoms with Crippen LogP contribution in [0.5, 0.6) is 0 Å². The van der Waals surface area contributed by atoms with Gasteiger partial charge in [0, 0.05) is 18.7 Å². The van der Waals surface area contributed by atoms with Gasteiger partial charge in [-0.25, -0.2) is 4.98 Å². The van der Waals surface area contributed by atoms with Crippen molar-refractivity contribution in [3.8, 4) is 10.6 Å². The average molecular weight is 351 g/mol. The number of aliphatic carboxylic acids is 1. The number of carboxylic acids is 1. The van der Waals surface area contributed by atoms with Gasteiger partial charge in [0.2, 0.25) is 0 Å². The zero-order valence-electron chi connectivity index (χ0n) is 12.2. The lowest BCUT2D eigenvalue weighted by Crippen LogP contribution is -2.39. The van der Waals surface area contributed by atoms with Crippen LogP contribution < -0.4 is 0 Å². The fourth-order valence-corrected chi connectivity index (χ4v) is 3.82. The van der Waals surface area contributed by atoms with Gasteiger partial charge in [0.15, 0.2) is 0 Å². The van der Waals surface area contributed by atoms with E-state index < -0.39 is 5.97 Å². The van der Waals surface area contributed by atoms with Gasteiger partial charge in [-0.15, -0.1) is 11.3 Å². The van der Waals surface area contributed by atoms with E-state index in [4.69, 9.17) is 16.7 Å². The fraction of sp³-hybridized carbons (Fsp3) is 0.312. The van der Waals surface area contributed by atoms with Crippen LogP contribution in [0, 0.1) is 5.92 Å². The number of rotatable bonds is 3. The van der Waals surface area contributed by atoms with Crippen LogP contribution in [0.15, 0.2) is 30.5 Å². The molecule has 1 aromatic heterocycles. The van der Waals surface area contributed by atoms with E-state index in [1.807, 2.05) is 18.2 Å². The first kappa shape index (κ1) is 16.0. The summed E-state index contributed by atoms with van der Waals surface area (Å²) in [5.74, 6) is -1.22. The van der Waals surface area contributed by atoms with E-state index in [0.29, 0.717) is 40.8 Å². The molecule has 3 rings (SSSR count). The third-order valence-corrected chi connectivity index (χ3v) is 5.30. The molecule has 2 heterocycles. The summed E-state index contributed by atoms with van der Waals surface area (Å²) in [5.41, 5.74) is 0.808. The number of likely N-dealkylation sites (tertiary alicyclic amines) is 1. The minimum atomic E-state index is -0.782. The predicted octanol–water partition coefficient (Wildman–Crippen LogP) is 3.40. The van der Waals surface area contributed by atoms with Gasteiger partial charge >= 0.3 is 5.97 Å². The molecule has 120 valence electrons. The summed E-state index contributed by atoms with van der Waals surface area (Å²) in [4.78, 5) is 30.0. The van der Waals surface area contributed by atoms with Crippen molar-refractivity contribution in [2.45, 2.75) is 12.8 Å². The van der Waals surface area contributed by atoms with Gasteiger partial charge in [-0.3, -0.25) is 9.59 Å². The van der Waals surface area contributed by atoms with Crippen molar-refractivity contribution in [3.05, 3.63) is 40.4 Å². The molecular weight excluding hydrogens is 336 g/mol. The lowest BCUT2D eigenvalue weighted by molar-refractivity contribution is -0.143. The SMILES string of the molecule is O=C(O)C1CCN(C(=O)c2cnc(-c3ccccc3Cl)s2)CC1. The van der Waals surface area contributed by atoms with Crippen LogP contribution in [0.25, 0.3) is 10.6 Å². The van der Waals surface area contributed by atoms with Gasteiger partial charge in [-0.1, -0.05) is 29.8 Å². The van der Waals surface area contributed by atoms with Crippen molar-refractivity contribution in [1.82, 2.24) is 9.88 Å². The summed E-state index contributed by atoms with van der Waals surface area (Å²) in [5, 5.41) is 10.3. The Morgan fingerprint density at radius 2 is 1.96 bits per heavy atom. The maximum absolute atomic E-state index is 12.5. The van der Waals surface area contributed by atoms with E-state index in [1.165, 1.54) is 11.3 Å². The van der Waals surface area contributed by atoms with Gasteiger partial charge in [-0.05, 0) is 18.9 Å². The summed E-state index contributed by atoms with van der Waals surface area (Å²) in [7, 11) is 0. The molecule has 0 radical (unpaired) electrons. The maximum Gasteiger partial charge on any atom is 0.306 e. The number of carbonyl (C=O) groups is 2. The minimum absolute atomic E-state index is 0.0929. The van der Waals surface area contributed by atoms with Gasteiger partial charge in [0.05, 0.1) is 17.1 Å². The lowest BCUT2D eigenvalue weighted by Gasteiger charge is -2.29. The van der Waals surface area contributed by atoms with E-state index in [2.05, 4.69) is 4.98 Å². The number of thiazole rings is 1. The Labute approximate surface area is 142 Å². The Morgan fingerprint density at radius 1 is 1.26 bits per heavy atom. The molecule has 5 nitrogen and oxygen atoms in total. The second-order valence-electron chi connectivity index (χ2n) is 5.41. The van der Waals surface area contributed by atoms with Crippen LogP contribution in [0.2, 0.25) is 5.02 Å². The number of piperidine rings is 1. The van der Waals surface area contributed by atoms with Crippen LogP contribution in [0.1, 0.15) is 22.5 Å². The van der Waals surface area contributed by atoms with Crippen molar-refractivity contribution in [3.63, 3.8) is 0 Å². The van der Waals surface area contributed by atoms with E-state index in [1.54, 1.807) is 17.2 Å². The predicted molar refractivity (Wildman–Crippen MR) is 88.8 cm³/mol. The molecule has 0 saturated carbocycles. The lowest BCUT2D eigenvalue weighted by atomic mass is 9.97. The number of halogens is 1. The Hall–Kier alpha value is -1.92. The van der Waals surface area contributed by atoms with Crippen LogP contribution in [-0.4, -0.2) is 40.0 Å². The number of aromatic nitrogens is 1. The summed E-state index contributed by atoms with van der Waals surface area (Å²) in [6, 6.07) is 7.38.